The van der Waals surface area contributed by atoms with Crippen LogP contribution in [0.1, 0.15) is 30.9 Å². The Hall–Kier alpha value is -3.23. The van der Waals surface area contributed by atoms with Gasteiger partial charge in [-0.3, -0.25) is 13.8 Å². The van der Waals surface area contributed by atoms with Crippen molar-refractivity contribution >= 4 is 0 Å². The fourth-order valence-corrected chi connectivity index (χ4v) is 3.04. The molecule has 0 fully saturated rings. The van der Waals surface area contributed by atoms with Crippen molar-refractivity contribution in [3.05, 3.63) is 95.6 Å². The standard InChI is InChI=1S/C23H15F2N5.Pt/c1-23(2,21-7-4-8-22(28-21)30-12-11-16(14-26)29-30)20-6-3-5-19(27-20)17-10-9-15(24)13-18(17)25;/h3-9,11,13H,1-2H3;/q-2;+2. The van der Waals surface area contributed by atoms with Gasteiger partial charge in [-0.05, 0) is 31.7 Å². The van der Waals surface area contributed by atoms with Crippen molar-refractivity contribution in [1.82, 2.24) is 19.7 Å². The van der Waals surface area contributed by atoms with Crippen molar-refractivity contribution in [1.29, 1.82) is 5.26 Å². The summed E-state index contributed by atoms with van der Waals surface area (Å²) < 4.78 is 28.8. The van der Waals surface area contributed by atoms with E-state index in [0.717, 1.165) is 12.1 Å². The molecule has 3 heterocycles. The maximum absolute atomic E-state index is 14.2. The first kappa shape index (κ1) is 22.5. The maximum atomic E-state index is 14.2. The van der Waals surface area contributed by atoms with Gasteiger partial charge in [0.1, 0.15) is 0 Å². The van der Waals surface area contributed by atoms with E-state index in [9.17, 15) is 8.78 Å². The van der Waals surface area contributed by atoms with Crippen LogP contribution in [0.2, 0.25) is 0 Å². The van der Waals surface area contributed by atoms with Crippen molar-refractivity contribution < 1.29 is 29.8 Å². The number of hydrogen-bond donors (Lipinski definition) is 0. The van der Waals surface area contributed by atoms with E-state index in [1.54, 1.807) is 18.2 Å². The SMILES string of the molecule is CC(C)(c1cccc(-c2[c-]cc(F)cc2F)n1)c1cccc(-n2[c-]cc(C#N)n2)n1.[Pt+2]. The molecular weight excluding hydrogens is 579 g/mol. The molecule has 0 spiro atoms. The molecule has 0 aliphatic heterocycles. The Bertz CT molecular complexity index is 1280. The number of hydrogen-bond acceptors (Lipinski definition) is 4. The van der Waals surface area contributed by atoms with Crippen LogP contribution in [0.4, 0.5) is 8.78 Å². The van der Waals surface area contributed by atoms with Gasteiger partial charge in [-0.15, -0.1) is 18.2 Å². The summed E-state index contributed by atoms with van der Waals surface area (Å²) in [6, 6.07) is 18.6. The molecule has 0 bridgehead atoms. The summed E-state index contributed by atoms with van der Waals surface area (Å²) in [6.45, 7) is 3.90. The minimum atomic E-state index is -0.722. The van der Waals surface area contributed by atoms with Gasteiger partial charge in [0.15, 0.2) is 0 Å². The molecule has 0 aliphatic rings. The number of benzene rings is 1. The number of aromatic nitrogens is 4. The topological polar surface area (TPSA) is 67.4 Å². The molecule has 0 N–H and O–H groups in total. The van der Waals surface area contributed by atoms with Crippen LogP contribution in [0.5, 0.6) is 0 Å². The Morgan fingerprint density at radius 3 is 2.42 bits per heavy atom. The number of rotatable bonds is 4. The molecule has 156 valence electrons. The minimum Gasteiger partial charge on any atom is -0.342 e. The van der Waals surface area contributed by atoms with Gasteiger partial charge in [-0.25, -0.2) is 10.4 Å². The Balaban J connectivity index is 0.00000272. The zero-order chi connectivity index (χ0) is 21.3. The van der Waals surface area contributed by atoms with Crippen LogP contribution < -0.4 is 0 Å². The second-order valence-corrected chi connectivity index (χ2v) is 7.14. The molecule has 5 nitrogen and oxygen atoms in total. The third-order valence-electron chi connectivity index (χ3n) is 4.74. The smallest absolute Gasteiger partial charge is 0.342 e. The molecule has 4 aromatic rings. The maximum Gasteiger partial charge on any atom is 2.00 e. The average molecular weight is 594 g/mol. The first-order chi connectivity index (χ1) is 14.4. The summed E-state index contributed by atoms with van der Waals surface area (Å²) in [5, 5.41) is 13.1. The molecule has 0 aliphatic carbocycles. The molecule has 3 aromatic heterocycles. The molecule has 31 heavy (non-hydrogen) atoms. The predicted molar refractivity (Wildman–Crippen MR) is 105 cm³/mol. The van der Waals surface area contributed by atoms with Crippen LogP contribution in [-0.4, -0.2) is 19.7 Å². The number of nitrogens with zero attached hydrogens (tertiary/aromatic N) is 5. The number of nitriles is 1. The minimum absolute atomic E-state index is 0. The van der Waals surface area contributed by atoms with Gasteiger partial charge in [0.2, 0.25) is 0 Å². The quantitative estimate of drug-likeness (QED) is 0.329. The fourth-order valence-electron chi connectivity index (χ4n) is 3.04. The first-order valence-electron chi connectivity index (χ1n) is 9.09. The van der Waals surface area contributed by atoms with Gasteiger partial charge in [0.25, 0.3) is 0 Å². The van der Waals surface area contributed by atoms with Crippen LogP contribution >= 0.6 is 0 Å². The largest absolute Gasteiger partial charge is 2.00 e. The molecule has 0 saturated carbocycles. The molecule has 0 unspecified atom stereocenters. The molecule has 0 atom stereocenters. The summed E-state index contributed by atoms with van der Waals surface area (Å²) in [4.78, 5) is 9.25. The summed E-state index contributed by atoms with van der Waals surface area (Å²) >= 11 is 0. The average Bonchev–Trinajstić information content (AvgIpc) is 3.23. The predicted octanol–water partition coefficient (Wildman–Crippen LogP) is 4.40. The zero-order valence-electron chi connectivity index (χ0n) is 16.5. The summed E-state index contributed by atoms with van der Waals surface area (Å²) in [7, 11) is 0. The third-order valence-corrected chi connectivity index (χ3v) is 4.74. The van der Waals surface area contributed by atoms with E-state index in [1.165, 1.54) is 10.7 Å². The summed E-state index contributed by atoms with van der Waals surface area (Å²) in [6.07, 6.45) is 2.86. The molecule has 1 aromatic carbocycles. The molecular formula is C23H15F2N5Pt. The van der Waals surface area contributed by atoms with Crippen LogP contribution in [0.25, 0.3) is 17.1 Å². The van der Waals surface area contributed by atoms with Crippen LogP contribution in [0.15, 0.2) is 54.6 Å². The number of pyridine rings is 2. The Morgan fingerprint density at radius 1 is 1.03 bits per heavy atom. The van der Waals surface area contributed by atoms with E-state index in [0.29, 0.717) is 22.9 Å². The van der Waals surface area contributed by atoms with E-state index < -0.39 is 17.0 Å². The van der Waals surface area contributed by atoms with Crippen LogP contribution in [0, 0.1) is 35.2 Å². The van der Waals surface area contributed by atoms with Crippen molar-refractivity contribution in [2.24, 2.45) is 0 Å². The van der Waals surface area contributed by atoms with Gasteiger partial charge in [0, 0.05) is 28.4 Å². The molecule has 0 amide bonds. The van der Waals surface area contributed by atoms with E-state index in [4.69, 9.17) is 5.26 Å². The van der Waals surface area contributed by atoms with Gasteiger partial charge in [0.05, 0.1) is 17.6 Å². The monoisotopic (exact) mass is 594 g/mol. The Labute approximate surface area is 192 Å². The Kier molecular flexibility index (Phi) is 6.42. The van der Waals surface area contributed by atoms with Gasteiger partial charge in [-0.2, -0.15) is 0 Å². The Morgan fingerprint density at radius 2 is 1.74 bits per heavy atom. The van der Waals surface area contributed by atoms with E-state index in [1.807, 2.05) is 38.1 Å². The van der Waals surface area contributed by atoms with E-state index >= 15 is 0 Å². The van der Waals surface area contributed by atoms with Crippen molar-refractivity contribution in [2.45, 2.75) is 19.3 Å². The normalized spacial score (nSPS) is 10.9. The van der Waals surface area contributed by atoms with Crippen LogP contribution in [0.3, 0.4) is 0 Å². The molecule has 0 saturated heterocycles. The molecule has 4 rings (SSSR count). The zero-order valence-corrected chi connectivity index (χ0v) is 18.8. The van der Waals surface area contributed by atoms with Crippen LogP contribution in [-0.2, 0) is 26.5 Å². The van der Waals surface area contributed by atoms with E-state index in [2.05, 4.69) is 27.3 Å². The number of halogens is 2. The van der Waals surface area contributed by atoms with E-state index in [-0.39, 0.29) is 32.3 Å². The summed E-state index contributed by atoms with van der Waals surface area (Å²) in [5.74, 6) is -0.903. The fraction of sp³-hybridized carbons (Fsp3) is 0.130. The van der Waals surface area contributed by atoms with Gasteiger partial charge < -0.3 is 9.67 Å². The molecule has 0 radical (unpaired) electrons. The van der Waals surface area contributed by atoms with Gasteiger partial charge in [-0.1, -0.05) is 42.1 Å². The second-order valence-electron chi connectivity index (χ2n) is 7.14. The summed E-state index contributed by atoms with van der Waals surface area (Å²) in [5.41, 5.74) is 1.43. The first-order valence-corrected chi connectivity index (χ1v) is 9.09. The molecule has 8 heteroatoms. The third kappa shape index (κ3) is 4.45. The second kappa shape index (κ2) is 8.87. The van der Waals surface area contributed by atoms with Crippen molar-refractivity contribution in [2.75, 3.05) is 0 Å². The van der Waals surface area contributed by atoms with Gasteiger partial charge >= 0.3 is 21.1 Å². The van der Waals surface area contributed by atoms with Crippen molar-refractivity contribution in [3.8, 4) is 23.1 Å². The van der Waals surface area contributed by atoms with Crippen molar-refractivity contribution in [3.63, 3.8) is 0 Å².